The molecule has 1 N–H and O–H groups in total. The molecule has 0 bridgehead atoms. The van der Waals surface area contributed by atoms with Gasteiger partial charge in [0.05, 0.1) is 25.9 Å². The fraction of sp³-hybridized carbons (Fsp3) is 1.00. The monoisotopic (exact) mass is 241 g/mol. The summed E-state index contributed by atoms with van der Waals surface area (Å²) in [4.78, 5) is 0. The molecular weight excluding hydrogens is 214 g/mol. The van der Waals surface area contributed by atoms with Crippen LogP contribution in [0.5, 0.6) is 0 Å². The maximum Gasteiger partial charge on any atom is 0.0933 e. The minimum atomic E-state index is 0.262. The summed E-state index contributed by atoms with van der Waals surface area (Å²) < 4.78 is 11.1. The summed E-state index contributed by atoms with van der Waals surface area (Å²) in [5.74, 6) is 1.63. The van der Waals surface area contributed by atoms with Crippen molar-refractivity contribution >= 4 is 0 Å². The van der Waals surface area contributed by atoms with E-state index in [-0.39, 0.29) is 6.10 Å². The van der Waals surface area contributed by atoms with Gasteiger partial charge in [-0.05, 0) is 24.7 Å². The zero-order valence-corrected chi connectivity index (χ0v) is 11.3. The summed E-state index contributed by atoms with van der Waals surface area (Å²) in [6, 6.07) is 0.689. The van der Waals surface area contributed by atoms with Gasteiger partial charge >= 0.3 is 0 Å². The van der Waals surface area contributed by atoms with Gasteiger partial charge < -0.3 is 14.8 Å². The standard InChI is InChI=1S/C14H27NO2/c1-11(2)13-5-3-4-6-14(13)15-9-12-10-16-7-8-17-12/h11-15H,3-10H2,1-2H3. The highest BCUT2D eigenvalue weighted by atomic mass is 16.6. The number of nitrogens with one attached hydrogen (secondary N) is 1. The Morgan fingerprint density at radius 2 is 2.00 bits per heavy atom. The van der Waals surface area contributed by atoms with E-state index < -0.39 is 0 Å². The van der Waals surface area contributed by atoms with Gasteiger partial charge in [0.25, 0.3) is 0 Å². The molecule has 1 aliphatic heterocycles. The van der Waals surface area contributed by atoms with Crippen molar-refractivity contribution in [3.05, 3.63) is 0 Å². The van der Waals surface area contributed by atoms with Crippen molar-refractivity contribution in [1.82, 2.24) is 5.32 Å². The van der Waals surface area contributed by atoms with Crippen LogP contribution in [0.25, 0.3) is 0 Å². The van der Waals surface area contributed by atoms with E-state index in [4.69, 9.17) is 9.47 Å². The predicted octanol–water partition coefficient (Wildman–Crippen LogP) is 2.21. The molecule has 3 unspecified atom stereocenters. The molecule has 0 amide bonds. The van der Waals surface area contributed by atoms with E-state index in [2.05, 4.69) is 19.2 Å². The van der Waals surface area contributed by atoms with Gasteiger partial charge in [0.1, 0.15) is 0 Å². The Labute approximate surface area is 105 Å². The minimum Gasteiger partial charge on any atom is -0.376 e. The average Bonchev–Trinajstić information content (AvgIpc) is 2.38. The van der Waals surface area contributed by atoms with Gasteiger partial charge in [0.15, 0.2) is 0 Å². The lowest BCUT2D eigenvalue weighted by atomic mass is 9.78. The summed E-state index contributed by atoms with van der Waals surface area (Å²) in [6.45, 7) is 7.93. The second-order valence-electron chi connectivity index (χ2n) is 5.77. The molecule has 1 saturated carbocycles. The van der Waals surface area contributed by atoms with Gasteiger partial charge in [-0.1, -0.05) is 26.7 Å². The quantitative estimate of drug-likeness (QED) is 0.818. The van der Waals surface area contributed by atoms with Crippen molar-refractivity contribution < 1.29 is 9.47 Å². The molecule has 0 aromatic carbocycles. The molecule has 0 aromatic rings. The molecule has 0 spiro atoms. The predicted molar refractivity (Wildman–Crippen MR) is 69.1 cm³/mol. The second kappa shape index (κ2) is 6.72. The smallest absolute Gasteiger partial charge is 0.0933 e. The van der Waals surface area contributed by atoms with Crippen LogP contribution in [0.2, 0.25) is 0 Å². The van der Waals surface area contributed by atoms with Crippen molar-refractivity contribution in [2.75, 3.05) is 26.4 Å². The average molecular weight is 241 g/mol. The Hall–Kier alpha value is -0.120. The van der Waals surface area contributed by atoms with Crippen LogP contribution in [0, 0.1) is 11.8 Å². The number of ether oxygens (including phenoxy) is 2. The third-order valence-electron chi connectivity index (χ3n) is 4.17. The Morgan fingerprint density at radius 1 is 1.18 bits per heavy atom. The molecule has 3 nitrogen and oxygen atoms in total. The van der Waals surface area contributed by atoms with E-state index >= 15 is 0 Å². The molecule has 3 heteroatoms. The van der Waals surface area contributed by atoms with E-state index in [0.29, 0.717) is 6.04 Å². The van der Waals surface area contributed by atoms with Gasteiger partial charge in [-0.25, -0.2) is 0 Å². The SMILES string of the molecule is CC(C)C1CCCCC1NCC1COCCO1. The van der Waals surface area contributed by atoms with Crippen LogP contribution in [-0.4, -0.2) is 38.5 Å². The molecule has 17 heavy (non-hydrogen) atoms. The molecule has 1 saturated heterocycles. The first-order chi connectivity index (χ1) is 8.27. The Morgan fingerprint density at radius 3 is 2.71 bits per heavy atom. The first kappa shape index (κ1) is 13.3. The van der Waals surface area contributed by atoms with Crippen molar-refractivity contribution in [2.24, 2.45) is 11.8 Å². The van der Waals surface area contributed by atoms with Crippen LogP contribution in [-0.2, 0) is 9.47 Å². The molecule has 100 valence electrons. The van der Waals surface area contributed by atoms with Crippen LogP contribution in [0.4, 0.5) is 0 Å². The van der Waals surface area contributed by atoms with Crippen LogP contribution in [0.15, 0.2) is 0 Å². The van der Waals surface area contributed by atoms with Gasteiger partial charge in [0, 0.05) is 12.6 Å². The van der Waals surface area contributed by atoms with E-state index in [1.54, 1.807) is 0 Å². The Bertz CT molecular complexity index is 214. The van der Waals surface area contributed by atoms with Crippen LogP contribution >= 0.6 is 0 Å². The molecule has 0 aromatic heterocycles. The van der Waals surface area contributed by atoms with E-state index in [1.165, 1.54) is 25.7 Å². The Balaban J connectivity index is 1.75. The lowest BCUT2D eigenvalue weighted by Gasteiger charge is -2.36. The van der Waals surface area contributed by atoms with Gasteiger partial charge in [-0.15, -0.1) is 0 Å². The van der Waals surface area contributed by atoms with Crippen LogP contribution in [0.1, 0.15) is 39.5 Å². The minimum absolute atomic E-state index is 0.262. The van der Waals surface area contributed by atoms with Crippen LogP contribution in [0.3, 0.4) is 0 Å². The summed E-state index contributed by atoms with van der Waals surface area (Å²) >= 11 is 0. The molecule has 1 aliphatic carbocycles. The number of hydrogen-bond acceptors (Lipinski definition) is 3. The molecule has 0 radical (unpaired) electrons. The van der Waals surface area contributed by atoms with Gasteiger partial charge in [0.2, 0.25) is 0 Å². The van der Waals surface area contributed by atoms with Crippen molar-refractivity contribution in [1.29, 1.82) is 0 Å². The largest absolute Gasteiger partial charge is 0.376 e. The summed E-state index contributed by atoms with van der Waals surface area (Å²) in [6.07, 6.45) is 5.76. The second-order valence-corrected chi connectivity index (χ2v) is 5.77. The fourth-order valence-electron chi connectivity index (χ4n) is 3.15. The molecule has 3 atom stereocenters. The highest BCUT2D eigenvalue weighted by Crippen LogP contribution is 2.30. The maximum atomic E-state index is 5.68. The van der Waals surface area contributed by atoms with Gasteiger partial charge in [-0.3, -0.25) is 0 Å². The molecule has 2 fully saturated rings. The third-order valence-corrected chi connectivity index (χ3v) is 4.17. The summed E-state index contributed by atoms with van der Waals surface area (Å²) in [7, 11) is 0. The molecular formula is C14H27NO2. The summed E-state index contributed by atoms with van der Waals surface area (Å²) in [5.41, 5.74) is 0. The summed E-state index contributed by atoms with van der Waals surface area (Å²) in [5, 5.41) is 3.72. The first-order valence-corrected chi connectivity index (χ1v) is 7.20. The molecule has 2 rings (SSSR count). The van der Waals surface area contributed by atoms with Crippen molar-refractivity contribution in [3.8, 4) is 0 Å². The van der Waals surface area contributed by atoms with Crippen molar-refractivity contribution in [3.63, 3.8) is 0 Å². The Kier molecular flexibility index (Phi) is 5.26. The zero-order chi connectivity index (χ0) is 12.1. The number of hydrogen-bond donors (Lipinski definition) is 1. The van der Waals surface area contributed by atoms with E-state index in [0.717, 1.165) is 38.2 Å². The lowest BCUT2D eigenvalue weighted by Crippen LogP contribution is -2.46. The highest BCUT2D eigenvalue weighted by molar-refractivity contribution is 4.83. The highest BCUT2D eigenvalue weighted by Gasteiger charge is 2.28. The molecule has 2 aliphatic rings. The number of rotatable bonds is 4. The van der Waals surface area contributed by atoms with E-state index in [9.17, 15) is 0 Å². The zero-order valence-electron chi connectivity index (χ0n) is 11.3. The molecule has 1 heterocycles. The van der Waals surface area contributed by atoms with Crippen LogP contribution < -0.4 is 5.32 Å². The lowest BCUT2D eigenvalue weighted by molar-refractivity contribution is -0.0879. The third kappa shape index (κ3) is 3.94. The van der Waals surface area contributed by atoms with E-state index in [1.807, 2.05) is 0 Å². The normalized spacial score (nSPS) is 35.1. The fourth-order valence-corrected chi connectivity index (χ4v) is 3.15. The topological polar surface area (TPSA) is 30.5 Å². The van der Waals surface area contributed by atoms with Crippen molar-refractivity contribution in [2.45, 2.75) is 51.7 Å². The first-order valence-electron chi connectivity index (χ1n) is 7.20. The van der Waals surface area contributed by atoms with Gasteiger partial charge in [-0.2, -0.15) is 0 Å². The maximum absolute atomic E-state index is 5.68.